The molecule has 2 nitrogen and oxygen atoms in total. The van der Waals surface area contributed by atoms with Gasteiger partial charge in [-0.15, -0.1) is 6.58 Å². The fourth-order valence-corrected chi connectivity index (χ4v) is 3.43. The molecule has 1 fully saturated rings. The van der Waals surface area contributed by atoms with Gasteiger partial charge in [0.25, 0.3) is 0 Å². The van der Waals surface area contributed by atoms with E-state index in [0.29, 0.717) is 6.04 Å². The predicted molar refractivity (Wildman–Crippen MR) is 83.5 cm³/mol. The van der Waals surface area contributed by atoms with E-state index in [2.05, 4.69) is 25.9 Å². The van der Waals surface area contributed by atoms with Crippen molar-refractivity contribution >= 4 is 0 Å². The van der Waals surface area contributed by atoms with Crippen molar-refractivity contribution in [2.75, 3.05) is 14.2 Å². The largest absolute Gasteiger partial charge is 0.377 e. The Morgan fingerprint density at radius 3 is 2.53 bits per heavy atom. The lowest BCUT2D eigenvalue weighted by Gasteiger charge is -2.44. The maximum Gasteiger partial charge on any atom is 0.0831 e. The third kappa shape index (κ3) is 4.92. The van der Waals surface area contributed by atoms with E-state index >= 15 is 0 Å². The van der Waals surface area contributed by atoms with Gasteiger partial charge >= 0.3 is 0 Å². The van der Waals surface area contributed by atoms with Crippen molar-refractivity contribution in [1.29, 1.82) is 0 Å². The molecule has 0 spiro atoms. The van der Waals surface area contributed by atoms with E-state index in [1.165, 1.54) is 51.4 Å². The van der Waals surface area contributed by atoms with Gasteiger partial charge in [-0.05, 0) is 57.9 Å². The quantitative estimate of drug-likeness (QED) is 0.496. The minimum Gasteiger partial charge on any atom is -0.377 e. The zero-order valence-corrected chi connectivity index (χ0v) is 13.2. The van der Waals surface area contributed by atoms with Crippen LogP contribution in [0.15, 0.2) is 12.7 Å². The van der Waals surface area contributed by atoms with E-state index < -0.39 is 0 Å². The molecule has 0 amide bonds. The van der Waals surface area contributed by atoms with Gasteiger partial charge in [0.15, 0.2) is 0 Å². The third-order valence-electron chi connectivity index (χ3n) is 4.91. The lowest BCUT2D eigenvalue weighted by atomic mass is 9.74. The van der Waals surface area contributed by atoms with E-state index in [-0.39, 0.29) is 5.60 Å². The summed E-state index contributed by atoms with van der Waals surface area (Å²) >= 11 is 0. The van der Waals surface area contributed by atoms with E-state index in [1.807, 2.05) is 13.2 Å². The van der Waals surface area contributed by atoms with E-state index in [4.69, 9.17) is 4.74 Å². The molecule has 1 aliphatic carbocycles. The maximum absolute atomic E-state index is 5.98. The summed E-state index contributed by atoms with van der Waals surface area (Å²) in [5.74, 6) is 0.869. The predicted octanol–water partition coefficient (Wildman–Crippen LogP) is 4.31. The topological polar surface area (TPSA) is 21.3 Å². The first-order chi connectivity index (χ1) is 9.18. The maximum atomic E-state index is 5.98. The fourth-order valence-electron chi connectivity index (χ4n) is 3.43. The van der Waals surface area contributed by atoms with E-state index in [1.54, 1.807) is 0 Å². The highest BCUT2D eigenvalue weighted by Crippen LogP contribution is 2.38. The van der Waals surface area contributed by atoms with Crippen LogP contribution in [-0.4, -0.2) is 25.8 Å². The summed E-state index contributed by atoms with van der Waals surface area (Å²) in [5, 5.41) is 3.52. The van der Waals surface area contributed by atoms with E-state index in [0.717, 1.165) is 12.3 Å². The molecule has 1 atom stereocenters. The molecule has 0 radical (unpaired) electrons. The smallest absolute Gasteiger partial charge is 0.0831 e. The molecular weight excluding hydrogens is 234 g/mol. The molecule has 0 aromatic rings. The monoisotopic (exact) mass is 267 g/mol. The highest BCUT2D eigenvalue weighted by Gasteiger charge is 2.40. The Morgan fingerprint density at radius 1 is 1.32 bits per heavy atom. The Balaban J connectivity index is 2.43. The van der Waals surface area contributed by atoms with Crippen molar-refractivity contribution in [2.45, 2.75) is 76.4 Å². The van der Waals surface area contributed by atoms with Crippen LogP contribution in [0.1, 0.15) is 64.7 Å². The second kappa shape index (κ2) is 8.76. The van der Waals surface area contributed by atoms with Gasteiger partial charge in [0, 0.05) is 13.2 Å². The number of allylic oxidation sites excluding steroid dienone is 1. The summed E-state index contributed by atoms with van der Waals surface area (Å²) in [4.78, 5) is 0. The molecule has 1 rings (SSSR count). The molecular formula is C17H33NO. The Bertz CT molecular complexity index is 244. The van der Waals surface area contributed by atoms with Gasteiger partial charge in [-0.2, -0.15) is 0 Å². The molecule has 1 N–H and O–H groups in total. The highest BCUT2D eigenvalue weighted by atomic mass is 16.5. The average Bonchev–Trinajstić information content (AvgIpc) is 2.44. The Morgan fingerprint density at radius 2 is 2.00 bits per heavy atom. The van der Waals surface area contributed by atoms with Crippen LogP contribution < -0.4 is 5.32 Å². The van der Waals surface area contributed by atoms with Crippen molar-refractivity contribution in [3.8, 4) is 0 Å². The van der Waals surface area contributed by atoms with Crippen LogP contribution >= 0.6 is 0 Å². The van der Waals surface area contributed by atoms with Crippen molar-refractivity contribution < 1.29 is 4.74 Å². The van der Waals surface area contributed by atoms with Gasteiger partial charge in [-0.1, -0.05) is 25.8 Å². The SMILES string of the molecule is C=CCCCCCC(NC)C1(OC)CCC(C)CC1. The number of unbranched alkanes of at least 4 members (excludes halogenated alkanes) is 3. The summed E-state index contributed by atoms with van der Waals surface area (Å²) in [7, 11) is 3.99. The molecule has 0 heterocycles. The van der Waals surface area contributed by atoms with Crippen LogP contribution in [0.4, 0.5) is 0 Å². The van der Waals surface area contributed by atoms with Gasteiger partial charge in [0.2, 0.25) is 0 Å². The van der Waals surface area contributed by atoms with Crippen LogP contribution in [0.5, 0.6) is 0 Å². The second-order valence-corrected chi connectivity index (χ2v) is 6.22. The van der Waals surface area contributed by atoms with Crippen LogP contribution in [0.3, 0.4) is 0 Å². The van der Waals surface area contributed by atoms with Gasteiger partial charge in [0.05, 0.1) is 5.60 Å². The lowest BCUT2D eigenvalue weighted by Crippen LogP contribution is -2.52. The minimum absolute atomic E-state index is 0.0830. The Hall–Kier alpha value is -0.340. The minimum atomic E-state index is 0.0830. The molecule has 0 bridgehead atoms. The Labute approximate surface area is 120 Å². The van der Waals surface area contributed by atoms with Gasteiger partial charge in [-0.25, -0.2) is 0 Å². The molecule has 1 saturated carbocycles. The van der Waals surface area contributed by atoms with Gasteiger partial charge in [-0.3, -0.25) is 0 Å². The van der Waals surface area contributed by atoms with Crippen LogP contribution in [0.2, 0.25) is 0 Å². The standard InChI is InChI=1S/C17H33NO/c1-5-6-7-8-9-10-16(18-3)17(19-4)13-11-15(2)12-14-17/h5,15-16,18H,1,6-14H2,2-4H3. The summed E-state index contributed by atoms with van der Waals surface area (Å²) in [6, 6.07) is 0.508. The number of ether oxygens (including phenoxy) is 1. The summed E-state index contributed by atoms with van der Waals surface area (Å²) in [6.45, 7) is 6.15. The van der Waals surface area contributed by atoms with Crippen LogP contribution in [0.25, 0.3) is 0 Å². The first-order valence-corrected chi connectivity index (χ1v) is 8.02. The summed E-state index contributed by atoms with van der Waals surface area (Å²) in [5.41, 5.74) is 0.0830. The highest BCUT2D eigenvalue weighted by molar-refractivity contribution is 4.95. The molecule has 2 heteroatoms. The molecule has 0 aromatic heterocycles. The fraction of sp³-hybridized carbons (Fsp3) is 0.882. The number of hydrogen-bond acceptors (Lipinski definition) is 2. The van der Waals surface area contributed by atoms with Crippen molar-refractivity contribution in [2.24, 2.45) is 5.92 Å². The van der Waals surface area contributed by atoms with Crippen molar-refractivity contribution in [3.05, 3.63) is 12.7 Å². The zero-order valence-electron chi connectivity index (χ0n) is 13.2. The molecule has 19 heavy (non-hydrogen) atoms. The number of methoxy groups -OCH3 is 1. The van der Waals surface area contributed by atoms with Crippen molar-refractivity contribution in [1.82, 2.24) is 5.32 Å². The molecule has 0 aromatic carbocycles. The third-order valence-corrected chi connectivity index (χ3v) is 4.91. The molecule has 0 saturated heterocycles. The normalized spacial score (nSPS) is 29.1. The zero-order chi connectivity index (χ0) is 14.1. The molecule has 112 valence electrons. The molecule has 1 aliphatic rings. The second-order valence-electron chi connectivity index (χ2n) is 6.22. The molecule has 0 aliphatic heterocycles. The summed E-state index contributed by atoms with van der Waals surface area (Å²) < 4.78 is 5.98. The van der Waals surface area contributed by atoms with Gasteiger partial charge in [0.1, 0.15) is 0 Å². The number of hydrogen-bond donors (Lipinski definition) is 1. The molecule has 1 unspecified atom stereocenters. The first-order valence-electron chi connectivity index (χ1n) is 8.02. The van der Waals surface area contributed by atoms with Gasteiger partial charge < -0.3 is 10.1 Å². The lowest BCUT2D eigenvalue weighted by molar-refractivity contribution is -0.0753. The Kier molecular flexibility index (Phi) is 7.70. The number of rotatable bonds is 9. The average molecular weight is 267 g/mol. The first kappa shape index (κ1) is 16.7. The summed E-state index contributed by atoms with van der Waals surface area (Å²) in [6.07, 6.45) is 13.3. The van der Waals surface area contributed by atoms with Crippen molar-refractivity contribution in [3.63, 3.8) is 0 Å². The van der Waals surface area contributed by atoms with E-state index in [9.17, 15) is 0 Å². The number of likely N-dealkylation sites (N-methyl/N-ethyl adjacent to an activating group) is 1. The van der Waals surface area contributed by atoms with Crippen LogP contribution in [0, 0.1) is 5.92 Å². The number of nitrogens with one attached hydrogen (secondary N) is 1. The van der Waals surface area contributed by atoms with Crippen LogP contribution in [-0.2, 0) is 4.74 Å².